The summed E-state index contributed by atoms with van der Waals surface area (Å²) in [6, 6.07) is 12.3. The molecule has 4 heteroatoms. The van der Waals surface area contributed by atoms with E-state index in [2.05, 4.69) is 35.9 Å². The van der Waals surface area contributed by atoms with Gasteiger partial charge in [-0.2, -0.15) is 0 Å². The van der Waals surface area contributed by atoms with Gasteiger partial charge in [-0.05, 0) is 51.2 Å². The van der Waals surface area contributed by atoms with Crippen molar-refractivity contribution in [1.29, 1.82) is 0 Å². The molecule has 1 fully saturated rings. The lowest BCUT2D eigenvalue weighted by molar-refractivity contribution is 0.0897. The van der Waals surface area contributed by atoms with Crippen molar-refractivity contribution in [3.63, 3.8) is 0 Å². The molecular weight excluding hydrogens is 298 g/mol. The molecule has 128 valence electrons. The van der Waals surface area contributed by atoms with Gasteiger partial charge in [0, 0.05) is 24.5 Å². The highest BCUT2D eigenvalue weighted by Crippen LogP contribution is 2.39. The first kappa shape index (κ1) is 16.8. The van der Waals surface area contributed by atoms with Crippen LogP contribution >= 0.6 is 0 Å². The normalized spacial score (nSPS) is 16.7. The SMILES string of the molecule is Cc1cc(C(=O)NC(C)(CN)C2CC2)c(C)n1Cc1ccccc1. The Kier molecular flexibility index (Phi) is 4.50. The van der Waals surface area contributed by atoms with Gasteiger partial charge in [0.25, 0.3) is 5.91 Å². The van der Waals surface area contributed by atoms with Crippen molar-refractivity contribution in [3.8, 4) is 0 Å². The molecule has 1 heterocycles. The van der Waals surface area contributed by atoms with Crippen LogP contribution in [0.2, 0.25) is 0 Å². The van der Waals surface area contributed by atoms with Crippen LogP contribution in [0, 0.1) is 19.8 Å². The highest BCUT2D eigenvalue weighted by Gasteiger charge is 2.41. The fraction of sp³-hybridized carbons (Fsp3) is 0.450. The summed E-state index contributed by atoms with van der Waals surface area (Å²) in [5.41, 5.74) is 9.73. The average molecular weight is 325 g/mol. The van der Waals surface area contributed by atoms with Crippen molar-refractivity contribution < 1.29 is 4.79 Å². The van der Waals surface area contributed by atoms with E-state index >= 15 is 0 Å². The van der Waals surface area contributed by atoms with E-state index in [1.165, 1.54) is 5.56 Å². The third-order valence-corrected chi connectivity index (χ3v) is 5.30. The van der Waals surface area contributed by atoms with Crippen molar-refractivity contribution in [3.05, 3.63) is 58.9 Å². The van der Waals surface area contributed by atoms with Gasteiger partial charge in [0.05, 0.1) is 11.1 Å². The van der Waals surface area contributed by atoms with E-state index in [1.807, 2.05) is 31.2 Å². The summed E-state index contributed by atoms with van der Waals surface area (Å²) in [5, 5.41) is 3.19. The van der Waals surface area contributed by atoms with E-state index in [0.717, 1.165) is 36.3 Å². The smallest absolute Gasteiger partial charge is 0.253 e. The standard InChI is InChI=1S/C20H27N3O/c1-14-11-18(19(24)22-20(3,13-21)17-9-10-17)15(2)23(14)12-16-7-5-4-6-8-16/h4-8,11,17H,9-10,12-13,21H2,1-3H3,(H,22,24). The molecule has 1 aliphatic rings. The highest BCUT2D eigenvalue weighted by atomic mass is 16.1. The van der Waals surface area contributed by atoms with Crippen LogP contribution in [0.25, 0.3) is 0 Å². The first-order chi connectivity index (χ1) is 11.4. The van der Waals surface area contributed by atoms with E-state index in [9.17, 15) is 4.79 Å². The van der Waals surface area contributed by atoms with E-state index in [1.54, 1.807) is 0 Å². The van der Waals surface area contributed by atoms with Gasteiger partial charge in [0.2, 0.25) is 0 Å². The van der Waals surface area contributed by atoms with Crippen LogP contribution in [0.5, 0.6) is 0 Å². The number of carbonyl (C=O) groups is 1. The minimum absolute atomic E-state index is 0.0118. The van der Waals surface area contributed by atoms with Crippen LogP contribution in [0.4, 0.5) is 0 Å². The first-order valence-corrected chi connectivity index (χ1v) is 8.68. The number of carbonyl (C=O) groups excluding carboxylic acids is 1. The van der Waals surface area contributed by atoms with Crippen LogP contribution in [-0.2, 0) is 6.54 Å². The number of nitrogens with one attached hydrogen (secondary N) is 1. The number of aryl methyl sites for hydroxylation is 1. The summed E-state index contributed by atoms with van der Waals surface area (Å²) in [5.74, 6) is 0.501. The van der Waals surface area contributed by atoms with Crippen LogP contribution in [-0.4, -0.2) is 22.6 Å². The van der Waals surface area contributed by atoms with Crippen LogP contribution in [0.3, 0.4) is 0 Å². The van der Waals surface area contributed by atoms with Gasteiger partial charge in [-0.1, -0.05) is 30.3 Å². The molecule has 0 spiro atoms. The van der Waals surface area contributed by atoms with Crippen LogP contribution in [0.1, 0.15) is 47.1 Å². The Morgan fingerprint density at radius 3 is 2.54 bits per heavy atom. The molecule has 1 aromatic carbocycles. The Morgan fingerprint density at radius 2 is 1.96 bits per heavy atom. The van der Waals surface area contributed by atoms with Gasteiger partial charge < -0.3 is 15.6 Å². The predicted octanol–water partition coefficient (Wildman–Crippen LogP) is 3.01. The van der Waals surface area contributed by atoms with Gasteiger partial charge in [-0.3, -0.25) is 4.79 Å². The van der Waals surface area contributed by atoms with E-state index in [-0.39, 0.29) is 11.4 Å². The molecule has 2 aromatic rings. The summed E-state index contributed by atoms with van der Waals surface area (Å²) in [6.07, 6.45) is 2.31. The molecule has 1 saturated carbocycles. The summed E-state index contributed by atoms with van der Waals surface area (Å²) < 4.78 is 2.20. The van der Waals surface area contributed by atoms with Crippen molar-refractivity contribution in [2.75, 3.05) is 6.54 Å². The number of hydrogen-bond acceptors (Lipinski definition) is 2. The average Bonchev–Trinajstić information content (AvgIpc) is 3.39. The maximum absolute atomic E-state index is 12.8. The second kappa shape index (κ2) is 6.44. The Morgan fingerprint density at radius 1 is 1.29 bits per heavy atom. The molecule has 1 atom stereocenters. The molecule has 24 heavy (non-hydrogen) atoms. The monoisotopic (exact) mass is 325 g/mol. The third-order valence-electron chi connectivity index (χ3n) is 5.30. The number of aromatic nitrogens is 1. The van der Waals surface area contributed by atoms with Crippen molar-refractivity contribution in [2.45, 2.75) is 45.7 Å². The summed E-state index contributed by atoms with van der Waals surface area (Å²) in [4.78, 5) is 12.8. The molecular formula is C20H27N3O. The van der Waals surface area contributed by atoms with E-state index in [0.29, 0.717) is 12.5 Å². The Labute approximate surface area is 144 Å². The lowest BCUT2D eigenvalue weighted by atomic mass is 9.95. The van der Waals surface area contributed by atoms with E-state index in [4.69, 9.17) is 5.73 Å². The molecule has 0 saturated heterocycles. The largest absolute Gasteiger partial charge is 0.345 e. The minimum atomic E-state index is -0.293. The Balaban J connectivity index is 1.81. The number of nitrogens with two attached hydrogens (primary N) is 1. The molecule has 3 N–H and O–H groups in total. The van der Waals surface area contributed by atoms with Gasteiger partial charge >= 0.3 is 0 Å². The number of amides is 1. The molecule has 0 bridgehead atoms. The lowest BCUT2D eigenvalue weighted by Gasteiger charge is -2.29. The molecule has 1 aliphatic carbocycles. The zero-order valence-corrected chi connectivity index (χ0v) is 14.8. The number of nitrogens with zero attached hydrogens (tertiary/aromatic N) is 1. The van der Waals surface area contributed by atoms with Crippen molar-refractivity contribution in [1.82, 2.24) is 9.88 Å². The molecule has 3 rings (SSSR count). The van der Waals surface area contributed by atoms with Gasteiger partial charge in [-0.25, -0.2) is 0 Å². The fourth-order valence-electron chi connectivity index (χ4n) is 3.41. The summed E-state index contributed by atoms with van der Waals surface area (Å²) >= 11 is 0. The van der Waals surface area contributed by atoms with Gasteiger partial charge in [0.1, 0.15) is 0 Å². The Hall–Kier alpha value is -2.07. The first-order valence-electron chi connectivity index (χ1n) is 8.68. The Bertz CT molecular complexity index is 731. The molecule has 0 aliphatic heterocycles. The quantitative estimate of drug-likeness (QED) is 0.857. The molecule has 1 aromatic heterocycles. The van der Waals surface area contributed by atoms with Crippen molar-refractivity contribution >= 4 is 5.91 Å². The highest BCUT2D eigenvalue weighted by molar-refractivity contribution is 5.96. The van der Waals surface area contributed by atoms with Crippen molar-refractivity contribution in [2.24, 2.45) is 11.7 Å². The number of benzene rings is 1. The molecule has 4 nitrogen and oxygen atoms in total. The van der Waals surface area contributed by atoms with E-state index < -0.39 is 0 Å². The summed E-state index contributed by atoms with van der Waals surface area (Å²) in [6.45, 7) is 7.39. The van der Waals surface area contributed by atoms with Crippen LogP contribution in [0.15, 0.2) is 36.4 Å². The second-order valence-electron chi connectivity index (χ2n) is 7.21. The predicted molar refractivity (Wildman–Crippen MR) is 97.1 cm³/mol. The maximum atomic E-state index is 12.8. The number of hydrogen-bond donors (Lipinski definition) is 2. The molecule has 0 radical (unpaired) electrons. The molecule has 1 unspecified atom stereocenters. The number of rotatable bonds is 6. The third kappa shape index (κ3) is 3.24. The lowest BCUT2D eigenvalue weighted by Crippen LogP contribution is -2.53. The van der Waals surface area contributed by atoms with Gasteiger partial charge in [0.15, 0.2) is 0 Å². The maximum Gasteiger partial charge on any atom is 0.253 e. The topological polar surface area (TPSA) is 60.1 Å². The summed E-state index contributed by atoms with van der Waals surface area (Å²) in [7, 11) is 0. The minimum Gasteiger partial charge on any atom is -0.345 e. The fourth-order valence-corrected chi connectivity index (χ4v) is 3.41. The zero-order chi connectivity index (χ0) is 17.3. The molecule has 1 amide bonds. The zero-order valence-electron chi connectivity index (χ0n) is 14.8. The van der Waals surface area contributed by atoms with Crippen LogP contribution < -0.4 is 11.1 Å². The van der Waals surface area contributed by atoms with Gasteiger partial charge in [-0.15, -0.1) is 0 Å². The second-order valence-corrected chi connectivity index (χ2v) is 7.21.